The van der Waals surface area contributed by atoms with Crippen LogP contribution in [0, 0.1) is 18.3 Å². The Labute approximate surface area is 132 Å². The van der Waals surface area contributed by atoms with E-state index in [2.05, 4.69) is 5.32 Å². The van der Waals surface area contributed by atoms with Crippen LogP contribution in [-0.2, 0) is 10.0 Å². The summed E-state index contributed by atoms with van der Waals surface area (Å²) < 4.78 is 27.2. The molecule has 1 aromatic carbocycles. The highest BCUT2D eigenvalue weighted by Crippen LogP contribution is 2.28. The van der Waals surface area contributed by atoms with Gasteiger partial charge in [0.05, 0.1) is 16.5 Å². The largest absolute Gasteiger partial charge is 0.318 e. The molecule has 1 N–H and O–H groups in total. The van der Waals surface area contributed by atoms with Gasteiger partial charge in [0.2, 0.25) is 10.0 Å². The number of sulfonamides is 1. The fraction of sp³-hybridized carbons (Fsp3) is 0.500. The molecule has 0 spiro atoms. The molecule has 1 fully saturated rings. The van der Waals surface area contributed by atoms with Gasteiger partial charge in [0, 0.05) is 19.1 Å². The second kappa shape index (κ2) is 7.23. The van der Waals surface area contributed by atoms with Gasteiger partial charge < -0.3 is 5.32 Å². The molecule has 1 saturated heterocycles. The van der Waals surface area contributed by atoms with Crippen LogP contribution in [0.5, 0.6) is 0 Å². The van der Waals surface area contributed by atoms with Crippen LogP contribution in [0.2, 0.25) is 0 Å². The lowest BCUT2D eigenvalue weighted by atomic mass is 10.2. The maximum Gasteiger partial charge on any atom is 0.243 e. The normalized spacial score (nSPS) is 19.0. The van der Waals surface area contributed by atoms with Gasteiger partial charge in [-0.2, -0.15) is 9.57 Å². The van der Waals surface area contributed by atoms with Gasteiger partial charge in [0.15, 0.2) is 0 Å². The third-order valence-electron chi connectivity index (χ3n) is 3.67. The lowest BCUT2D eigenvalue weighted by Gasteiger charge is -2.24. The Hall–Kier alpha value is -1.13. The minimum Gasteiger partial charge on any atom is -0.318 e. The highest BCUT2D eigenvalue weighted by molar-refractivity contribution is 7.89. The van der Waals surface area contributed by atoms with Gasteiger partial charge in [-0.3, -0.25) is 0 Å². The van der Waals surface area contributed by atoms with Gasteiger partial charge in [-0.15, -0.1) is 12.4 Å². The molecular formula is C14H20ClN3O2S. The van der Waals surface area contributed by atoms with Crippen LogP contribution in [0.25, 0.3) is 0 Å². The predicted octanol–water partition coefficient (Wildman–Crippen LogP) is 1.66. The Morgan fingerprint density at radius 3 is 2.81 bits per heavy atom. The Morgan fingerprint density at radius 1 is 1.48 bits per heavy atom. The third kappa shape index (κ3) is 3.55. The SMILES string of the molecule is CNCC1CCCN1S(=O)(=O)c1cc(C#N)ccc1C.Cl. The number of nitrogens with one attached hydrogen (secondary N) is 1. The van der Waals surface area contributed by atoms with Crippen LogP contribution in [0.1, 0.15) is 24.0 Å². The summed E-state index contributed by atoms with van der Waals surface area (Å²) in [6, 6.07) is 6.80. The van der Waals surface area contributed by atoms with Crippen molar-refractivity contribution in [2.45, 2.75) is 30.7 Å². The molecule has 116 valence electrons. The molecular weight excluding hydrogens is 310 g/mol. The molecule has 0 aliphatic carbocycles. The summed E-state index contributed by atoms with van der Waals surface area (Å²) in [4.78, 5) is 0.250. The average Bonchev–Trinajstić information content (AvgIpc) is 2.88. The Balaban J connectivity index is 0.00000220. The van der Waals surface area contributed by atoms with E-state index in [-0.39, 0.29) is 23.3 Å². The number of hydrogen-bond acceptors (Lipinski definition) is 4. The van der Waals surface area contributed by atoms with E-state index in [1.165, 1.54) is 6.07 Å². The van der Waals surface area contributed by atoms with Crippen molar-refractivity contribution in [3.8, 4) is 6.07 Å². The Kier molecular flexibility index (Phi) is 6.17. The summed E-state index contributed by atoms with van der Waals surface area (Å²) in [6.45, 7) is 2.96. The summed E-state index contributed by atoms with van der Waals surface area (Å²) in [5.74, 6) is 0. The van der Waals surface area contributed by atoms with Gasteiger partial charge >= 0.3 is 0 Å². The van der Waals surface area contributed by atoms with Crippen molar-refractivity contribution in [1.82, 2.24) is 9.62 Å². The number of nitriles is 1. The van der Waals surface area contributed by atoms with Crippen molar-refractivity contribution in [3.63, 3.8) is 0 Å². The Bertz CT molecular complexity index is 640. The summed E-state index contributed by atoms with van der Waals surface area (Å²) in [6.07, 6.45) is 1.75. The van der Waals surface area contributed by atoms with Crippen LogP contribution in [-0.4, -0.2) is 38.9 Å². The number of likely N-dealkylation sites (N-methyl/N-ethyl adjacent to an activating group) is 1. The highest BCUT2D eigenvalue weighted by Gasteiger charge is 2.35. The third-order valence-corrected chi connectivity index (χ3v) is 5.76. The molecule has 1 heterocycles. The molecule has 1 aromatic rings. The molecule has 1 unspecified atom stereocenters. The molecule has 7 heteroatoms. The highest BCUT2D eigenvalue weighted by atomic mass is 35.5. The molecule has 2 rings (SSSR count). The summed E-state index contributed by atoms with van der Waals surface area (Å²) in [5.41, 5.74) is 1.05. The fourth-order valence-electron chi connectivity index (χ4n) is 2.64. The second-order valence-corrected chi connectivity index (χ2v) is 6.92. The maximum absolute atomic E-state index is 12.8. The average molecular weight is 330 g/mol. The first kappa shape index (κ1) is 17.9. The van der Waals surface area contributed by atoms with Crippen molar-refractivity contribution >= 4 is 22.4 Å². The van der Waals surface area contributed by atoms with Crippen LogP contribution in [0.3, 0.4) is 0 Å². The molecule has 0 bridgehead atoms. The number of rotatable bonds is 4. The zero-order valence-electron chi connectivity index (χ0n) is 12.2. The molecule has 1 aliphatic heterocycles. The first-order valence-electron chi connectivity index (χ1n) is 6.68. The minimum absolute atomic E-state index is 0. The monoisotopic (exact) mass is 329 g/mol. The molecule has 0 radical (unpaired) electrons. The zero-order chi connectivity index (χ0) is 14.8. The van der Waals surface area contributed by atoms with E-state index in [0.29, 0.717) is 24.2 Å². The van der Waals surface area contributed by atoms with Gasteiger partial charge in [-0.1, -0.05) is 6.07 Å². The predicted molar refractivity (Wildman–Crippen MR) is 84.0 cm³/mol. The van der Waals surface area contributed by atoms with E-state index in [1.807, 2.05) is 13.1 Å². The number of nitrogens with zero attached hydrogens (tertiary/aromatic N) is 2. The van der Waals surface area contributed by atoms with E-state index in [1.54, 1.807) is 23.4 Å². The molecule has 0 amide bonds. The summed E-state index contributed by atoms with van der Waals surface area (Å²) in [7, 11) is -1.71. The van der Waals surface area contributed by atoms with Crippen LogP contribution >= 0.6 is 12.4 Å². The lowest BCUT2D eigenvalue weighted by Crippen LogP contribution is -2.41. The first-order chi connectivity index (χ1) is 9.50. The van der Waals surface area contributed by atoms with E-state index in [0.717, 1.165) is 12.8 Å². The van der Waals surface area contributed by atoms with Crippen molar-refractivity contribution in [3.05, 3.63) is 29.3 Å². The number of hydrogen-bond donors (Lipinski definition) is 1. The van der Waals surface area contributed by atoms with Crippen LogP contribution < -0.4 is 5.32 Å². The quantitative estimate of drug-likeness (QED) is 0.911. The van der Waals surface area contributed by atoms with Gasteiger partial charge in [-0.05, 0) is 44.5 Å². The fourth-order valence-corrected chi connectivity index (χ4v) is 4.58. The van der Waals surface area contributed by atoms with Crippen molar-refractivity contribution in [1.29, 1.82) is 5.26 Å². The van der Waals surface area contributed by atoms with Crippen LogP contribution in [0.4, 0.5) is 0 Å². The van der Waals surface area contributed by atoms with Crippen molar-refractivity contribution in [2.24, 2.45) is 0 Å². The number of aryl methyl sites for hydroxylation is 1. The Morgan fingerprint density at radius 2 is 2.19 bits per heavy atom. The van der Waals surface area contributed by atoms with Crippen molar-refractivity contribution < 1.29 is 8.42 Å². The van der Waals surface area contributed by atoms with Gasteiger partial charge in [0.25, 0.3) is 0 Å². The van der Waals surface area contributed by atoms with E-state index in [4.69, 9.17) is 5.26 Å². The maximum atomic E-state index is 12.8. The zero-order valence-corrected chi connectivity index (χ0v) is 13.8. The summed E-state index contributed by atoms with van der Waals surface area (Å²) in [5, 5.41) is 12.0. The topological polar surface area (TPSA) is 73.2 Å². The molecule has 1 atom stereocenters. The van der Waals surface area contributed by atoms with E-state index >= 15 is 0 Å². The first-order valence-corrected chi connectivity index (χ1v) is 8.12. The molecule has 21 heavy (non-hydrogen) atoms. The molecule has 5 nitrogen and oxygen atoms in total. The number of benzene rings is 1. The van der Waals surface area contributed by atoms with Gasteiger partial charge in [-0.25, -0.2) is 8.42 Å². The minimum atomic E-state index is -3.53. The molecule has 1 aliphatic rings. The van der Waals surface area contributed by atoms with Crippen LogP contribution in [0.15, 0.2) is 23.1 Å². The van der Waals surface area contributed by atoms with Crippen molar-refractivity contribution in [2.75, 3.05) is 20.1 Å². The van der Waals surface area contributed by atoms with E-state index < -0.39 is 10.0 Å². The van der Waals surface area contributed by atoms with E-state index in [9.17, 15) is 8.42 Å². The standard InChI is InChI=1S/C14H19N3O2S.ClH/c1-11-5-6-12(9-15)8-14(11)20(18,19)17-7-3-4-13(17)10-16-2;/h5-6,8,13,16H,3-4,7,10H2,1-2H3;1H. The summed E-state index contributed by atoms with van der Waals surface area (Å²) >= 11 is 0. The second-order valence-electron chi connectivity index (χ2n) is 5.06. The molecule has 0 aromatic heterocycles. The van der Waals surface area contributed by atoms with Gasteiger partial charge in [0.1, 0.15) is 0 Å². The molecule has 0 saturated carbocycles. The lowest BCUT2D eigenvalue weighted by molar-refractivity contribution is 0.379. The smallest absolute Gasteiger partial charge is 0.243 e. The number of halogens is 1.